The third kappa shape index (κ3) is 11.2. The van der Waals surface area contributed by atoms with Crippen molar-refractivity contribution in [1.82, 2.24) is 24.5 Å². The van der Waals surface area contributed by atoms with Gasteiger partial charge in [0.25, 0.3) is 5.91 Å². The Labute approximate surface area is 390 Å². The number of pyridine rings is 1. The van der Waals surface area contributed by atoms with Gasteiger partial charge in [-0.15, -0.1) is 0 Å². The standard InChI is InChI=1S/C47H58ClN8O8PS/c1-47(2)14-12-34(41(27-47)32-4-6-35(48)7-5-32)30-53-16-18-54(19-17-53)36-8-10-40(44(25-36)64-38-24-33-13-15-49-45(33)51-29-38)46(58)52-66(62,63)39-9-11-42(43(26-39)56(59)60)50-28-37(31-57)55-20-22-65(3,61)23-21-55/h4-11,13,15,24-26,29,37,50,57,61,65H,12,14,16-23,27-28,30-31H2,1-3H3,(H,49,51)(H,52,58). The van der Waals surface area contributed by atoms with Crippen LogP contribution in [-0.2, 0) is 10.0 Å². The number of sulfonamides is 1. The van der Waals surface area contributed by atoms with Gasteiger partial charge in [-0.05, 0) is 72.2 Å². The summed E-state index contributed by atoms with van der Waals surface area (Å²) in [6.45, 7) is 11.6. The number of amides is 1. The van der Waals surface area contributed by atoms with E-state index in [1.807, 2.05) is 29.8 Å². The maximum atomic E-state index is 14.0. The fourth-order valence-corrected chi connectivity index (χ4v) is 12.0. The molecule has 1 aliphatic carbocycles. The van der Waals surface area contributed by atoms with Crippen LogP contribution in [0.15, 0.2) is 95.7 Å². The number of H-pyrrole nitrogens is 1. The number of aromatic amines is 1. The number of aliphatic hydroxyl groups excluding tert-OH is 1. The van der Waals surface area contributed by atoms with E-state index in [0.717, 1.165) is 61.1 Å². The van der Waals surface area contributed by atoms with E-state index >= 15 is 0 Å². The molecule has 4 heterocycles. The molecule has 2 aliphatic heterocycles. The molecule has 2 saturated heterocycles. The zero-order valence-electron chi connectivity index (χ0n) is 37.4. The summed E-state index contributed by atoms with van der Waals surface area (Å²) < 4.78 is 36.0. The van der Waals surface area contributed by atoms with Crippen molar-refractivity contribution in [3.63, 3.8) is 0 Å². The van der Waals surface area contributed by atoms with Crippen LogP contribution in [-0.4, -0.2) is 133 Å². The van der Waals surface area contributed by atoms with Crippen LogP contribution in [0.3, 0.4) is 0 Å². The minimum Gasteiger partial charge on any atom is -0.455 e. The number of hydrogen-bond acceptors (Lipinski definition) is 13. The number of nitrogens with one attached hydrogen (secondary N) is 3. The Kier molecular flexibility index (Phi) is 14.1. The van der Waals surface area contributed by atoms with Gasteiger partial charge in [0.2, 0.25) is 0 Å². The van der Waals surface area contributed by atoms with Gasteiger partial charge in [-0.3, -0.25) is 9.69 Å². The number of piperazine rings is 1. The monoisotopic (exact) mass is 960 g/mol. The SMILES string of the molecule is CC1(C)CCC(CN2CCN(c3ccc(C(=O)NS(=O)(=O)c4ccc(NCC(CO)N5CC[PH](C)(O)CC5)c([N+](=O)[O-])c4)c(Oc4cnc5[nH]ccc5c4)c3)CC2)=C(c2ccc(Cl)cc2)C1. The molecule has 0 radical (unpaired) electrons. The van der Waals surface area contributed by atoms with Gasteiger partial charge in [-0.25, -0.2) is 4.98 Å². The number of ether oxygens (including phenoxy) is 1. The second-order valence-corrected chi connectivity index (χ2v) is 24.8. The van der Waals surface area contributed by atoms with Crippen LogP contribution in [0.1, 0.15) is 49.0 Å². The van der Waals surface area contributed by atoms with E-state index in [1.165, 1.54) is 41.1 Å². The summed E-state index contributed by atoms with van der Waals surface area (Å²) in [6.07, 6.45) is 7.74. The van der Waals surface area contributed by atoms with E-state index in [0.29, 0.717) is 49.9 Å². The van der Waals surface area contributed by atoms with E-state index in [-0.39, 0.29) is 41.6 Å². The summed E-state index contributed by atoms with van der Waals surface area (Å²) >= 11 is 6.24. The summed E-state index contributed by atoms with van der Waals surface area (Å²) in [6, 6.07) is 19.7. The summed E-state index contributed by atoms with van der Waals surface area (Å²) in [5, 5.41) is 26.9. The fourth-order valence-electron chi connectivity index (χ4n) is 9.10. The number of nitrogens with zero attached hydrogens (tertiary/aromatic N) is 5. The van der Waals surface area contributed by atoms with Crippen molar-refractivity contribution in [1.29, 1.82) is 0 Å². The van der Waals surface area contributed by atoms with Gasteiger partial charge in [0.15, 0.2) is 0 Å². The number of carbonyl (C=O) groups excluding carboxylic acids is 1. The van der Waals surface area contributed by atoms with Crippen LogP contribution < -0.4 is 19.7 Å². The summed E-state index contributed by atoms with van der Waals surface area (Å²) in [5.74, 6) is -0.556. The van der Waals surface area contributed by atoms with E-state index < -0.39 is 38.9 Å². The number of allylic oxidation sites excluding steroid dienone is 1. The number of rotatable bonds is 15. The Morgan fingerprint density at radius 1 is 1.03 bits per heavy atom. The van der Waals surface area contributed by atoms with Gasteiger partial charge in [0, 0.05) is 61.1 Å². The smallest absolute Gasteiger partial charge is 0.146 e. The van der Waals surface area contributed by atoms with Crippen molar-refractivity contribution in [2.75, 3.05) is 88.2 Å². The number of benzene rings is 3. The number of halogens is 1. The zero-order chi connectivity index (χ0) is 46.8. The van der Waals surface area contributed by atoms with Crippen molar-refractivity contribution in [3.05, 3.63) is 117 Å². The van der Waals surface area contributed by atoms with Crippen LogP contribution in [0.4, 0.5) is 17.1 Å². The number of hydrogen-bond donors (Lipinski definition) is 5. The third-order valence-corrected chi connectivity index (χ3v) is 17.4. The van der Waals surface area contributed by atoms with Gasteiger partial charge < -0.3 is 14.6 Å². The maximum absolute atomic E-state index is 14.0. The van der Waals surface area contributed by atoms with Crippen molar-refractivity contribution in [2.45, 2.75) is 44.0 Å². The van der Waals surface area contributed by atoms with Crippen molar-refractivity contribution < 1.29 is 32.9 Å². The molecule has 0 bridgehead atoms. The van der Waals surface area contributed by atoms with Gasteiger partial charge in [-0.1, -0.05) is 43.2 Å². The molecular formula is C47H58ClN8O8PS. The molecule has 8 rings (SSSR count). The van der Waals surface area contributed by atoms with E-state index in [4.69, 9.17) is 16.3 Å². The van der Waals surface area contributed by atoms with Crippen LogP contribution in [0.25, 0.3) is 16.6 Å². The topological polar surface area (TPSA) is 206 Å². The Morgan fingerprint density at radius 2 is 1.77 bits per heavy atom. The molecule has 3 aliphatic rings. The Balaban J connectivity index is 0.988. The Hall–Kier alpha value is -5.13. The van der Waals surface area contributed by atoms with Crippen molar-refractivity contribution in [3.8, 4) is 11.5 Å². The normalized spacial score (nSPS) is 19.0. The predicted molar refractivity (Wildman–Crippen MR) is 262 cm³/mol. The first-order valence-electron chi connectivity index (χ1n) is 22.3. The molecule has 1 unspecified atom stereocenters. The second-order valence-electron chi connectivity index (χ2n) is 18.7. The molecule has 1 amide bonds. The number of aromatic nitrogens is 2. The molecule has 3 aromatic carbocycles. The van der Waals surface area contributed by atoms with Crippen molar-refractivity contribution >= 4 is 68.7 Å². The number of nitro groups is 1. The summed E-state index contributed by atoms with van der Waals surface area (Å²) in [4.78, 5) is 49.7. The molecule has 0 saturated carbocycles. The molecule has 1 atom stereocenters. The average molecular weight is 962 g/mol. The molecule has 0 spiro atoms. The second kappa shape index (κ2) is 19.6. The molecule has 5 N–H and O–H groups in total. The molecule has 5 aromatic rings. The number of aliphatic hydroxyl groups is 1. The number of fused-ring (bicyclic) bond motifs is 1. The minimum atomic E-state index is -4.63. The number of carbonyl (C=O) groups is 1. The summed E-state index contributed by atoms with van der Waals surface area (Å²) in [7, 11) is -6.89. The molecule has 19 heteroatoms. The molecule has 66 heavy (non-hydrogen) atoms. The van der Waals surface area contributed by atoms with Crippen LogP contribution in [0, 0.1) is 15.5 Å². The molecule has 2 aromatic heterocycles. The number of anilines is 2. The molecule has 16 nitrogen and oxygen atoms in total. The Morgan fingerprint density at radius 3 is 2.48 bits per heavy atom. The van der Waals surface area contributed by atoms with E-state index in [9.17, 15) is 33.3 Å². The minimum absolute atomic E-state index is 0.0556. The molecule has 352 valence electrons. The molecule has 2 fully saturated rings. The van der Waals surface area contributed by atoms with Crippen molar-refractivity contribution in [2.24, 2.45) is 5.41 Å². The van der Waals surface area contributed by atoms with Crippen LogP contribution in [0.5, 0.6) is 11.5 Å². The fraction of sp³-hybridized carbons (Fsp3) is 0.404. The zero-order valence-corrected chi connectivity index (χ0v) is 40.0. The van der Waals surface area contributed by atoms with Gasteiger partial charge >= 0.3 is 152 Å². The number of nitro benzene ring substituents is 1. The van der Waals surface area contributed by atoms with E-state index in [2.05, 4.69) is 55.8 Å². The summed E-state index contributed by atoms with van der Waals surface area (Å²) in [5.41, 5.74) is 5.20. The first-order valence-corrected chi connectivity index (χ1v) is 27.0. The van der Waals surface area contributed by atoms with Gasteiger partial charge in [0.1, 0.15) is 17.1 Å². The Bertz CT molecular complexity index is 2730. The van der Waals surface area contributed by atoms with Crippen LogP contribution >= 0.6 is 19.1 Å². The van der Waals surface area contributed by atoms with Gasteiger partial charge in [-0.2, -0.15) is 0 Å². The van der Waals surface area contributed by atoms with Crippen LogP contribution in [0.2, 0.25) is 5.02 Å². The predicted octanol–water partition coefficient (Wildman–Crippen LogP) is 7.20. The first kappa shape index (κ1) is 47.4. The van der Waals surface area contributed by atoms with E-state index in [1.54, 1.807) is 24.4 Å². The molecular weight excluding hydrogens is 903 g/mol. The quantitative estimate of drug-likeness (QED) is 0.0401. The average Bonchev–Trinajstić information content (AvgIpc) is 3.76. The van der Waals surface area contributed by atoms with Gasteiger partial charge in [0.05, 0.1) is 11.8 Å². The first-order chi connectivity index (χ1) is 31.5. The third-order valence-electron chi connectivity index (χ3n) is 13.2. The largest absolute Gasteiger partial charge is 0.455 e. The maximum Gasteiger partial charge on any atom is 0.146 e.